The van der Waals surface area contributed by atoms with Crippen molar-refractivity contribution < 1.29 is 17.4 Å². The highest BCUT2D eigenvalue weighted by molar-refractivity contribution is 7.85. The Morgan fingerprint density at radius 1 is 1.29 bits per heavy atom. The summed E-state index contributed by atoms with van der Waals surface area (Å²) in [4.78, 5) is 3.78. The molecule has 7 heteroatoms. The van der Waals surface area contributed by atoms with Gasteiger partial charge in [0.25, 0.3) is 0 Å². The van der Waals surface area contributed by atoms with Crippen LogP contribution in [0.1, 0.15) is 0 Å². The lowest BCUT2D eigenvalue weighted by molar-refractivity contribution is 0.480. The van der Waals surface area contributed by atoms with Gasteiger partial charge in [0.15, 0.2) is 0 Å². The number of imidazole rings is 1. The average molecular weight is 256 g/mol. The van der Waals surface area contributed by atoms with Crippen molar-refractivity contribution in [2.75, 3.05) is 0 Å². The van der Waals surface area contributed by atoms with Crippen LogP contribution < -0.4 is 0 Å². The summed E-state index contributed by atoms with van der Waals surface area (Å²) in [6.07, 6.45) is 1.19. The second-order valence-electron chi connectivity index (χ2n) is 3.50. The molecule has 0 bridgehead atoms. The molecular formula is C10H9FN2O3S. The van der Waals surface area contributed by atoms with Crippen molar-refractivity contribution >= 4 is 10.1 Å². The van der Waals surface area contributed by atoms with Crippen molar-refractivity contribution in [3.05, 3.63) is 36.3 Å². The van der Waals surface area contributed by atoms with Crippen LogP contribution in [-0.4, -0.2) is 22.5 Å². The zero-order valence-corrected chi connectivity index (χ0v) is 9.65. The molecule has 0 saturated carbocycles. The van der Waals surface area contributed by atoms with Crippen LogP contribution in [0.2, 0.25) is 0 Å². The normalized spacial score (nSPS) is 11.7. The molecule has 1 aromatic carbocycles. The number of aryl methyl sites for hydroxylation is 1. The van der Waals surface area contributed by atoms with Crippen molar-refractivity contribution in [1.29, 1.82) is 0 Å². The highest BCUT2D eigenvalue weighted by atomic mass is 32.2. The number of benzene rings is 1. The van der Waals surface area contributed by atoms with E-state index in [0.29, 0.717) is 11.4 Å². The van der Waals surface area contributed by atoms with Gasteiger partial charge in [-0.3, -0.25) is 4.55 Å². The summed E-state index contributed by atoms with van der Waals surface area (Å²) in [7, 11) is -2.74. The highest BCUT2D eigenvalue weighted by Gasteiger charge is 2.16. The summed E-state index contributed by atoms with van der Waals surface area (Å²) in [6.45, 7) is 0. The smallest absolute Gasteiger partial charge is 0.313 e. The predicted octanol–water partition coefficient (Wildman–Crippen LogP) is 1.47. The van der Waals surface area contributed by atoms with E-state index in [0.717, 1.165) is 0 Å². The maximum Gasteiger partial charge on any atom is 0.313 e. The van der Waals surface area contributed by atoms with E-state index in [-0.39, 0.29) is 0 Å². The van der Waals surface area contributed by atoms with Crippen LogP contribution in [-0.2, 0) is 17.2 Å². The SMILES string of the molecule is Cn1cc(S(=O)(=O)O)nc1-c1ccc(F)cc1. The van der Waals surface area contributed by atoms with Gasteiger partial charge in [-0.05, 0) is 24.3 Å². The number of hydrogen-bond donors (Lipinski definition) is 1. The Morgan fingerprint density at radius 3 is 2.35 bits per heavy atom. The Labute approximate surface area is 97.3 Å². The monoisotopic (exact) mass is 256 g/mol. The summed E-state index contributed by atoms with van der Waals surface area (Å²) < 4.78 is 44.8. The van der Waals surface area contributed by atoms with E-state index >= 15 is 0 Å². The summed E-state index contributed by atoms with van der Waals surface area (Å²) >= 11 is 0. The van der Waals surface area contributed by atoms with E-state index in [1.165, 1.54) is 35.0 Å². The zero-order chi connectivity index (χ0) is 12.6. The van der Waals surface area contributed by atoms with Crippen molar-refractivity contribution in [2.45, 2.75) is 5.03 Å². The van der Waals surface area contributed by atoms with Crippen LogP contribution in [0.25, 0.3) is 11.4 Å². The second kappa shape index (κ2) is 3.94. The van der Waals surface area contributed by atoms with Crippen molar-refractivity contribution in [3.63, 3.8) is 0 Å². The molecule has 1 aromatic heterocycles. The molecule has 0 aliphatic heterocycles. The summed E-state index contributed by atoms with van der Waals surface area (Å²) in [5.41, 5.74) is 0.559. The van der Waals surface area contributed by atoms with Gasteiger partial charge in [-0.1, -0.05) is 0 Å². The van der Waals surface area contributed by atoms with Crippen LogP contribution in [0.5, 0.6) is 0 Å². The quantitative estimate of drug-likeness (QED) is 0.826. The lowest BCUT2D eigenvalue weighted by Gasteiger charge is -2.00. The van der Waals surface area contributed by atoms with Gasteiger partial charge >= 0.3 is 10.1 Å². The second-order valence-corrected chi connectivity index (χ2v) is 4.86. The topological polar surface area (TPSA) is 72.2 Å². The van der Waals surface area contributed by atoms with Crippen LogP contribution in [0, 0.1) is 5.82 Å². The van der Waals surface area contributed by atoms with E-state index in [2.05, 4.69) is 4.98 Å². The minimum Gasteiger partial charge on any atom is -0.333 e. The number of aromatic nitrogens is 2. The van der Waals surface area contributed by atoms with Crippen LogP contribution >= 0.6 is 0 Å². The Morgan fingerprint density at radius 2 is 1.88 bits per heavy atom. The van der Waals surface area contributed by atoms with Gasteiger partial charge in [0, 0.05) is 18.8 Å². The molecular weight excluding hydrogens is 247 g/mol. The van der Waals surface area contributed by atoms with Gasteiger partial charge in [0.1, 0.15) is 11.6 Å². The first-order valence-corrected chi connectivity index (χ1v) is 6.09. The Kier molecular flexibility index (Phi) is 2.72. The number of nitrogens with zero attached hydrogens (tertiary/aromatic N) is 2. The molecule has 0 aliphatic carbocycles. The molecule has 0 spiro atoms. The van der Waals surface area contributed by atoms with E-state index in [1.54, 1.807) is 7.05 Å². The van der Waals surface area contributed by atoms with Crippen LogP contribution in [0.4, 0.5) is 4.39 Å². The maximum absolute atomic E-state index is 12.7. The first-order chi connectivity index (χ1) is 7.88. The molecule has 0 amide bonds. The lowest BCUT2D eigenvalue weighted by atomic mass is 10.2. The predicted molar refractivity (Wildman–Crippen MR) is 58.4 cm³/mol. The van der Waals surface area contributed by atoms with E-state index < -0.39 is 21.0 Å². The Balaban J connectivity index is 2.54. The van der Waals surface area contributed by atoms with E-state index in [4.69, 9.17) is 4.55 Å². The molecule has 0 radical (unpaired) electrons. The van der Waals surface area contributed by atoms with Gasteiger partial charge in [-0.2, -0.15) is 8.42 Å². The summed E-state index contributed by atoms with van der Waals surface area (Å²) in [5.74, 6) is -0.0596. The van der Waals surface area contributed by atoms with Gasteiger partial charge in [-0.25, -0.2) is 9.37 Å². The third-order valence-corrected chi connectivity index (χ3v) is 2.95. The molecule has 5 nitrogen and oxygen atoms in total. The molecule has 1 N–H and O–H groups in total. The minimum absolute atomic E-state index is 0.331. The lowest BCUT2D eigenvalue weighted by Crippen LogP contribution is -1.97. The van der Waals surface area contributed by atoms with Gasteiger partial charge in [-0.15, -0.1) is 0 Å². The first-order valence-electron chi connectivity index (χ1n) is 4.65. The molecule has 0 saturated heterocycles. The molecule has 1 heterocycles. The van der Waals surface area contributed by atoms with E-state index in [1.807, 2.05) is 0 Å². The van der Waals surface area contributed by atoms with Gasteiger partial charge in [0.2, 0.25) is 5.03 Å². The largest absolute Gasteiger partial charge is 0.333 e. The average Bonchev–Trinajstić information content (AvgIpc) is 2.61. The fourth-order valence-electron chi connectivity index (χ4n) is 1.43. The molecule has 2 rings (SSSR count). The number of halogens is 1. The fourth-order valence-corrected chi connectivity index (χ4v) is 1.92. The maximum atomic E-state index is 12.7. The van der Waals surface area contributed by atoms with E-state index in [9.17, 15) is 12.8 Å². The van der Waals surface area contributed by atoms with Crippen LogP contribution in [0.15, 0.2) is 35.5 Å². The fraction of sp³-hybridized carbons (Fsp3) is 0.100. The molecule has 2 aromatic rings. The summed E-state index contributed by atoms with van der Waals surface area (Å²) in [5, 5.41) is -0.431. The third-order valence-electron chi connectivity index (χ3n) is 2.22. The van der Waals surface area contributed by atoms with Crippen molar-refractivity contribution in [3.8, 4) is 11.4 Å². The Bertz CT molecular complexity index is 647. The number of hydrogen-bond acceptors (Lipinski definition) is 3. The van der Waals surface area contributed by atoms with Crippen molar-refractivity contribution in [1.82, 2.24) is 9.55 Å². The third kappa shape index (κ3) is 2.34. The molecule has 0 atom stereocenters. The molecule has 17 heavy (non-hydrogen) atoms. The Hall–Kier alpha value is -1.73. The molecule has 0 fully saturated rings. The van der Waals surface area contributed by atoms with Gasteiger partial charge in [0.05, 0.1) is 0 Å². The van der Waals surface area contributed by atoms with Crippen molar-refractivity contribution in [2.24, 2.45) is 7.05 Å². The first kappa shape index (κ1) is 11.7. The molecule has 0 aliphatic rings. The minimum atomic E-state index is -4.33. The number of rotatable bonds is 2. The summed E-state index contributed by atoms with van der Waals surface area (Å²) in [6, 6.07) is 5.45. The standard InChI is InChI=1S/C10H9FN2O3S/c1-13-6-9(17(14,15)16)12-10(13)7-2-4-8(11)5-3-7/h2-6H,1H3,(H,14,15,16). The van der Waals surface area contributed by atoms with Gasteiger partial charge < -0.3 is 4.57 Å². The highest BCUT2D eigenvalue weighted by Crippen LogP contribution is 2.20. The molecule has 90 valence electrons. The molecule has 0 unspecified atom stereocenters. The zero-order valence-electron chi connectivity index (χ0n) is 8.83. The van der Waals surface area contributed by atoms with Crippen LogP contribution in [0.3, 0.4) is 0 Å².